The molecule has 0 radical (unpaired) electrons. The molecular formula is C32H35F7N4O3. The van der Waals surface area contributed by atoms with E-state index in [4.69, 9.17) is 0 Å². The zero-order valence-corrected chi connectivity index (χ0v) is 25.3. The van der Waals surface area contributed by atoms with Crippen molar-refractivity contribution in [3.63, 3.8) is 0 Å². The quantitative estimate of drug-likeness (QED) is 0.365. The van der Waals surface area contributed by atoms with E-state index in [1.807, 2.05) is 0 Å². The topological polar surface area (TPSA) is 73.0 Å². The van der Waals surface area contributed by atoms with Crippen LogP contribution in [0.15, 0.2) is 42.5 Å². The number of amides is 4. The van der Waals surface area contributed by atoms with Crippen LogP contribution in [0, 0.1) is 17.7 Å². The van der Waals surface area contributed by atoms with Crippen molar-refractivity contribution >= 4 is 23.5 Å². The number of alkyl halides is 6. The number of halogens is 7. The summed E-state index contributed by atoms with van der Waals surface area (Å²) in [5, 5.41) is 3.06. The summed E-state index contributed by atoms with van der Waals surface area (Å²) >= 11 is 0. The molecule has 3 fully saturated rings. The second kappa shape index (κ2) is 12.7. The minimum absolute atomic E-state index is 0.00319. The van der Waals surface area contributed by atoms with E-state index < -0.39 is 53.0 Å². The van der Waals surface area contributed by atoms with Crippen LogP contribution >= 0.6 is 0 Å². The van der Waals surface area contributed by atoms with Crippen molar-refractivity contribution in [1.82, 2.24) is 15.1 Å². The third-order valence-corrected chi connectivity index (χ3v) is 9.32. The Hall–Kier alpha value is -3.84. The maximum absolute atomic E-state index is 13.8. The molecule has 1 saturated heterocycles. The Morgan fingerprint density at radius 1 is 0.783 bits per heavy atom. The molecule has 0 unspecified atom stereocenters. The minimum Gasteiger partial charge on any atom is -0.353 e. The van der Waals surface area contributed by atoms with Gasteiger partial charge in [-0.3, -0.25) is 14.5 Å². The number of carbonyl (C=O) groups excluding carboxylic acids is 3. The van der Waals surface area contributed by atoms with Gasteiger partial charge in [-0.15, -0.1) is 0 Å². The second-order valence-electron chi connectivity index (χ2n) is 12.5. The van der Waals surface area contributed by atoms with Crippen LogP contribution in [-0.4, -0.2) is 66.9 Å². The maximum Gasteiger partial charge on any atom is 0.416 e. The van der Waals surface area contributed by atoms with Crippen molar-refractivity contribution in [3.8, 4) is 0 Å². The lowest BCUT2D eigenvalue weighted by molar-refractivity contribution is -0.143. The Bertz CT molecular complexity index is 1420. The van der Waals surface area contributed by atoms with Gasteiger partial charge in [0.1, 0.15) is 5.82 Å². The highest BCUT2D eigenvalue weighted by molar-refractivity contribution is 5.92. The zero-order chi connectivity index (χ0) is 33.6. The lowest BCUT2D eigenvalue weighted by Crippen LogP contribution is -2.48. The highest BCUT2D eigenvalue weighted by Gasteiger charge is 2.44. The highest BCUT2D eigenvalue weighted by Crippen LogP contribution is 2.39. The number of benzene rings is 2. The lowest BCUT2D eigenvalue weighted by atomic mass is 9.85. The van der Waals surface area contributed by atoms with Gasteiger partial charge in [-0.05, 0) is 74.4 Å². The van der Waals surface area contributed by atoms with Crippen LogP contribution in [0.2, 0.25) is 0 Å². The number of hydrogen-bond donors (Lipinski definition) is 1. The van der Waals surface area contributed by atoms with Crippen molar-refractivity contribution < 1.29 is 45.1 Å². The van der Waals surface area contributed by atoms with Crippen LogP contribution in [0.1, 0.15) is 61.1 Å². The average Bonchev–Trinajstić information content (AvgIpc) is 3.78. The van der Waals surface area contributed by atoms with Crippen molar-refractivity contribution in [2.75, 3.05) is 32.1 Å². The number of anilines is 1. The molecule has 7 nitrogen and oxygen atoms in total. The van der Waals surface area contributed by atoms with Crippen LogP contribution in [0.5, 0.6) is 0 Å². The van der Waals surface area contributed by atoms with Gasteiger partial charge in [0.2, 0.25) is 11.8 Å². The van der Waals surface area contributed by atoms with Gasteiger partial charge in [-0.25, -0.2) is 9.18 Å². The van der Waals surface area contributed by atoms with Crippen LogP contribution in [0.3, 0.4) is 0 Å². The molecule has 1 N–H and O–H groups in total. The third kappa shape index (κ3) is 7.41. The van der Waals surface area contributed by atoms with Gasteiger partial charge >= 0.3 is 18.4 Å². The first-order chi connectivity index (χ1) is 21.5. The summed E-state index contributed by atoms with van der Waals surface area (Å²) in [7, 11) is 2.46. The number of hydrogen-bond acceptors (Lipinski definition) is 3. The Morgan fingerprint density at radius 2 is 1.33 bits per heavy atom. The molecule has 4 amide bonds. The molecule has 0 bridgehead atoms. The fraction of sp³-hybridized carbons (Fsp3) is 0.531. The highest BCUT2D eigenvalue weighted by atomic mass is 19.4. The maximum atomic E-state index is 13.8. The standard InChI is InChI=1S/C32H35F7N4O3/c1-41(25-14-21(31(34,35)36)13-22(15-25)32(37,38)39)30(46)42(2)27-17-43(16-26(27)18-5-9-23(33)10-6-18)29(45)20-7-11-24(12-8-20)40-28(44)19-3-4-19/h5-6,9-10,13-15,19-20,24,26-27H,3-4,7-8,11-12,16-17H2,1-2H3,(H,40,44)/t20-,24-,26-,27+/m0/s1. The number of carbonyl (C=O) groups is 3. The number of urea groups is 1. The van der Waals surface area contributed by atoms with Gasteiger partial charge in [-0.1, -0.05) is 12.1 Å². The van der Waals surface area contributed by atoms with E-state index in [1.54, 1.807) is 4.90 Å². The van der Waals surface area contributed by atoms with E-state index in [0.29, 0.717) is 48.3 Å². The van der Waals surface area contributed by atoms with E-state index >= 15 is 0 Å². The van der Waals surface area contributed by atoms with Gasteiger partial charge in [0.15, 0.2) is 0 Å². The molecule has 2 atom stereocenters. The van der Waals surface area contributed by atoms with E-state index in [0.717, 1.165) is 19.9 Å². The number of rotatable bonds is 6. The van der Waals surface area contributed by atoms with Crippen molar-refractivity contribution in [2.24, 2.45) is 11.8 Å². The molecule has 1 heterocycles. The molecule has 46 heavy (non-hydrogen) atoms. The van der Waals surface area contributed by atoms with Crippen molar-refractivity contribution in [3.05, 3.63) is 65.0 Å². The number of likely N-dealkylation sites (N-methyl/N-ethyl adjacent to an activating group) is 1. The van der Waals surface area contributed by atoms with Crippen LogP contribution in [0.4, 0.5) is 41.2 Å². The molecule has 2 aromatic carbocycles. The van der Waals surface area contributed by atoms with Crippen LogP contribution in [-0.2, 0) is 21.9 Å². The van der Waals surface area contributed by atoms with E-state index in [-0.39, 0.29) is 48.8 Å². The Balaban J connectivity index is 1.34. The molecule has 3 aliphatic rings. The van der Waals surface area contributed by atoms with E-state index in [2.05, 4.69) is 5.32 Å². The number of nitrogens with zero attached hydrogens (tertiary/aromatic N) is 3. The smallest absolute Gasteiger partial charge is 0.353 e. The fourth-order valence-corrected chi connectivity index (χ4v) is 6.43. The lowest BCUT2D eigenvalue weighted by Gasteiger charge is -2.33. The molecule has 2 saturated carbocycles. The van der Waals surface area contributed by atoms with Gasteiger partial charge in [0, 0.05) is 56.7 Å². The molecule has 5 rings (SSSR count). The Kier molecular flexibility index (Phi) is 9.29. The average molecular weight is 657 g/mol. The third-order valence-electron chi connectivity index (χ3n) is 9.32. The zero-order valence-electron chi connectivity index (χ0n) is 25.3. The second-order valence-corrected chi connectivity index (χ2v) is 12.5. The summed E-state index contributed by atoms with van der Waals surface area (Å²) in [5.74, 6) is -1.31. The normalized spacial score (nSPS) is 23.6. The van der Waals surface area contributed by atoms with Gasteiger partial charge < -0.3 is 15.1 Å². The van der Waals surface area contributed by atoms with Gasteiger partial charge in [0.25, 0.3) is 0 Å². The molecule has 2 aliphatic carbocycles. The summed E-state index contributed by atoms with van der Waals surface area (Å²) in [4.78, 5) is 43.0. The predicted octanol–water partition coefficient (Wildman–Crippen LogP) is 6.43. The largest absolute Gasteiger partial charge is 0.416 e. The Morgan fingerprint density at radius 3 is 1.85 bits per heavy atom. The van der Waals surface area contributed by atoms with Crippen molar-refractivity contribution in [1.29, 1.82) is 0 Å². The van der Waals surface area contributed by atoms with E-state index in [9.17, 15) is 45.1 Å². The first-order valence-corrected chi connectivity index (χ1v) is 15.2. The SMILES string of the molecule is CN(C(=O)N(C)[C@@H]1CN(C(=O)[C@H]2CC[C@H](NC(=O)C3CC3)CC2)C[C@H]1c1ccc(F)cc1)c1cc(C(F)(F)F)cc(C(F)(F)F)c1. The molecule has 1 aliphatic heterocycles. The summed E-state index contributed by atoms with van der Waals surface area (Å²) in [6.45, 7) is 0.238. The van der Waals surface area contributed by atoms with Crippen molar-refractivity contribution in [2.45, 2.75) is 68.9 Å². The first kappa shape index (κ1) is 33.5. The van der Waals surface area contributed by atoms with E-state index in [1.165, 1.54) is 36.2 Å². The summed E-state index contributed by atoms with van der Waals surface area (Å²) in [5.41, 5.74) is -3.09. The molecule has 0 spiro atoms. The Labute approximate surface area is 261 Å². The van der Waals surface area contributed by atoms with Crippen LogP contribution < -0.4 is 10.2 Å². The fourth-order valence-electron chi connectivity index (χ4n) is 6.43. The van der Waals surface area contributed by atoms with Gasteiger partial charge in [-0.2, -0.15) is 26.3 Å². The number of likely N-dealkylation sites (tertiary alicyclic amines) is 1. The number of nitrogens with one attached hydrogen (secondary N) is 1. The molecular weight excluding hydrogens is 621 g/mol. The molecule has 0 aromatic heterocycles. The minimum atomic E-state index is -5.09. The first-order valence-electron chi connectivity index (χ1n) is 15.2. The summed E-state index contributed by atoms with van der Waals surface area (Å²) in [6, 6.07) is 4.88. The summed E-state index contributed by atoms with van der Waals surface area (Å²) < 4.78 is 94.7. The van der Waals surface area contributed by atoms with Gasteiger partial charge in [0.05, 0.1) is 17.2 Å². The molecule has 250 valence electrons. The molecule has 14 heteroatoms. The monoisotopic (exact) mass is 656 g/mol. The predicted molar refractivity (Wildman–Crippen MR) is 154 cm³/mol. The summed E-state index contributed by atoms with van der Waals surface area (Å²) in [6.07, 6.45) is -5.97. The molecule has 2 aromatic rings. The van der Waals surface area contributed by atoms with Crippen LogP contribution in [0.25, 0.3) is 0 Å².